The van der Waals surface area contributed by atoms with Crippen LogP contribution in [-0.4, -0.2) is 17.6 Å². The number of esters is 1. The first-order valence-electron chi connectivity index (χ1n) is 9.11. The number of fused-ring (bicyclic) bond motifs is 2. The maximum atomic E-state index is 12.1. The van der Waals surface area contributed by atoms with Crippen molar-refractivity contribution in [1.29, 1.82) is 0 Å². The van der Waals surface area contributed by atoms with Crippen molar-refractivity contribution in [2.45, 2.75) is 27.1 Å². The number of para-hydroxylation sites is 1. The van der Waals surface area contributed by atoms with E-state index in [4.69, 9.17) is 13.9 Å². The summed E-state index contributed by atoms with van der Waals surface area (Å²) in [6.45, 7) is 3.96. The van der Waals surface area contributed by atoms with Gasteiger partial charge in [-0.3, -0.25) is 0 Å². The van der Waals surface area contributed by atoms with Crippen molar-refractivity contribution in [3.8, 4) is 0 Å². The Kier molecular flexibility index (Phi) is 5.42. The fourth-order valence-electron chi connectivity index (χ4n) is 3.01. The van der Waals surface area contributed by atoms with Crippen LogP contribution in [0.25, 0.3) is 21.2 Å². The second-order valence-electron chi connectivity index (χ2n) is 6.75. The molecule has 0 atom stereocenters. The molecule has 2 heterocycles. The number of nitrogens with zero attached hydrogens (tertiary/aromatic N) is 1. The van der Waals surface area contributed by atoms with Gasteiger partial charge in [0, 0.05) is 17.0 Å². The Balaban J connectivity index is 1.37. The Morgan fingerprint density at radius 2 is 1.90 bits per heavy atom. The van der Waals surface area contributed by atoms with Gasteiger partial charge < -0.3 is 13.9 Å². The number of aromatic nitrogens is 1. The number of carbonyl (C=O) groups excluding carboxylic acids is 1. The molecule has 4 aromatic rings. The van der Waals surface area contributed by atoms with Crippen LogP contribution in [-0.2, 0) is 27.5 Å². The van der Waals surface area contributed by atoms with Gasteiger partial charge in [0.1, 0.15) is 23.8 Å². The standard InChI is InChI=1S/C22H19NO5S/c1-13-7-16-15(9-21(24)28-18(16)8-14(13)2)10-27-22(25)12-26-11-20-23-17-5-3-4-6-19(17)29-20/h3-9H,10-12H2,1-2H3. The zero-order valence-electron chi connectivity index (χ0n) is 16.1. The molecular weight excluding hydrogens is 390 g/mol. The zero-order chi connectivity index (χ0) is 20.4. The van der Waals surface area contributed by atoms with Gasteiger partial charge >= 0.3 is 11.6 Å². The molecule has 0 amide bonds. The summed E-state index contributed by atoms with van der Waals surface area (Å²) in [6, 6.07) is 12.9. The van der Waals surface area contributed by atoms with Crippen LogP contribution in [0.4, 0.5) is 0 Å². The van der Waals surface area contributed by atoms with Crippen molar-refractivity contribution in [2.75, 3.05) is 6.61 Å². The van der Waals surface area contributed by atoms with Gasteiger partial charge in [0.25, 0.3) is 0 Å². The molecule has 0 unspecified atom stereocenters. The number of hydrogen-bond donors (Lipinski definition) is 0. The van der Waals surface area contributed by atoms with Crippen molar-refractivity contribution < 1.29 is 18.7 Å². The highest BCUT2D eigenvalue weighted by Gasteiger charge is 2.11. The van der Waals surface area contributed by atoms with E-state index < -0.39 is 11.6 Å². The Labute approximate surface area is 170 Å². The zero-order valence-corrected chi connectivity index (χ0v) is 16.9. The summed E-state index contributed by atoms with van der Waals surface area (Å²) < 4.78 is 17.1. The molecule has 0 saturated carbocycles. The molecule has 0 aliphatic rings. The van der Waals surface area contributed by atoms with Crippen LogP contribution in [0.15, 0.2) is 51.7 Å². The molecule has 0 bridgehead atoms. The van der Waals surface area contributed by atoms with E-state index in [1.807, 2.05) is 50.2 Å². The van der Waals surface area contributed by atoms with Gasteiger partial charge in [-0.25, -0.2) is 14.6 Å². The lowest BCUT2D eigenvalue weighted by Crippen LogP contribution is -2.13. The summed E-state index contributed by atoms with van der Waals surface area (Å²) in [5, 5.41) is 1.56. The number of benzene rings is 2. The van der Waals surface area contributed by atoms with E-state index in [9.17, 15) is 9.59 Å². The highest BCUT2D eigenvalue weighted by Crippen LogP contribution is 2.23. The smallest absolute Gasteiger partial charge is 0.336 e. The summed E-state index contributed by atoms with van der Waals surface area (Å²) in [5.41, 5.74) is 3.63. The van der Waals surface area contributed by atoms with Crippen LogP contribution in [0.1, 0.15) is 21.7 Å². The molecule has 0 aliphatic carbocycles. The molecule has 2 aromatic carbocycles. The highest BCUT2D eigenvalue weighted by atomic mass is 32.1. The number of rotatable bonds is 6. The summed E-state index contributed by atoms with van der Waals surface area (Å²) in [7, 11) is 0. The maximum absolute atomic E-state index is 12.1. The van der Waals surface area contributed by atoms with Gasteiger partial charge in [0.2, 0.25) is 0 Å². The van der Waals surface area contributed by atoms with E-state index in [-0.39, 0.29) is 19.8 Å². The lowest BCUT2D eigenvalue weighted by Gasteiger charge is -2.09. The number of thiazole rings is 1. The second-order valence-corrected chi connectivity index (χ2v) is 7.87. The molecular formula is C22H19NO5S. The minimum atomic E-state index is -0.503. The van der Waals surface area contributed by atoms with Crippen molar-refractivity contribution >= 4 is 38.5 Å². The Hall–Kier alpha value is -3.03. The van der Waals surface area contributed by atoms with Gasteiger partial charge in [-0.05, 0) is 49.2 Å². The molecule has 7 heteroatoms. The fourth-order valence-corrected chi connectivity index (χ4v) is 3.91. The van der Waals surface area contributed by atoms with Crippen LogP contribution in [0.3, 0.4) is 0 Å². The van der Waals surface area contributed by atoms with E-state index in [1.54, 1.807) is 0 Å². The van der Waals surface area contributed by atoms with Crippen LogP contribution in [0.2, 0.25) is 0 Å². The molecule has 0 saturated heterocycles. The van der Waals surface area contributed by atoms with Gasteiger partial charge in [-0.15, -0.1) is 11.3 Å². The van der Waals surface area contributed by atoms with E-state index in [0.29, 0.717) is 11.1 Å². The first-order chi connectivity index (χ1) is 14.0. The third-order valence-corrected chi connectivity index (χ3v) is 5.63. The van der Waals surface area contributed by atoms with Crippen LogP contribution in [0, 0.1) is 13.8 Å². The molecule has 6 nitrogen and oxygen atoms in total. The first kappa shape index (κ1) is 19.3. The Bertz CT molecular complexity index is 1220. The predicted octanol–water partition coefficient (Wildman–Crippen LogP) is 4.28. The van der Waals surface area contributed by atoms with E-state index in [2.05, 4.69) is 4.98 Å². The van der Waals surface area contributed by atoms with Crippen molar-refractivity contribution in [1.82, 2.24) is 4.98 Å². The third kappa shape index (κ3) is 4.36. The quantitative estimate of drug-likeness (QED) is 0.349. The minimum absolute atomic E-state index is 0.0199. The molecule has 29 heavy (non-hydrogen) atoms. The van der Waals surface area contributed by atoms with Crippen molar-refractivity contribution in [2.24, 2.45) is 0 Å². The fraction of sp³-hybridized carbons (Fsp3) is 0.227. The molecule has 0 fully saturated rings. The molecule has 0 spiro atoms. The lowest BCUT2D eigenvalue weighted by molar-refractivity contribution is -0.150. The van der Waals surface area contributed by atoms with Gasteiger partial charge in [0.15, 0.2) is 0 Å². The molecule has 4 rings (SSSR count). The lowest BCUT2D eigenvalue weighted by atomic mass is 10.0. The minimum Gasteiger partial charge on any atom is -0.459 e. The second kappa shape index (κ2) is 8.14. The van der Waals surface area contributed by atoms with Gasteiger partial charge in [-0.2, -0.15) is 0 Å². The van der Waals surface area contributed by atoms with Crippen LogP contribution in [0.5, 0.6) is 0 Å². The summed E-state index contributed by atoms with van der Waals surface area (Å²) in [4.78, 5) is 28.3. The molecule has 148 valence electrons. The average Bonchev–Trinajstić information content (AvgIpc) is 3.10. The van der Waals surface area contributed by atoms with Crippen LogP contribution >= 0.6 is 11.3 Å². The number of aryl methyl sites for hydroxylation is 2. The summed E-state index contributed by atoms with van der Waals surface area (Å²) >= 11 is 1.53. The molecule has 0 radical (unpaired) electrons. The van der Waals surface area contributed by atoms with Crippen molar-refractivity contribution in [3.05, 3.63) is 74.6 Å². The maximum Gasteiger partial charge on any atom is 0.336 e. The Morgan fingerprint density at radius 3 is 2.72 bits per heavy atom. The SMILES string of the molecule is Cc1cc2oc(=O)cc(COC(=O)COCc3nc4ccccc4s3)c2cc1C. The number of hydrogen-bond acceptors (Lipinski definition) is 7. The normalized spacial score (nSPS) is 11.2. The van der Waals surface area contributed by atoms with Gasteiger partial charge in [0.05, 0.1) is 16.8 Å². The molecule has 0 N–H and O–H groups in total. The summed E-state index contributed by atoms with van der Waals surface area (Å²) in [6.07, 6.45) is 0. The topological polar surface area (TPSA) is 78.6 Å². The van der Waals surface area contributed by atoms with E-state index in [0.717, 1.165) is 31.7 Å². The number of carbonyl (C=O) groups is 1. The monoisotopic (exact) mass is 409 g/mol. The first-order valence-corrected chi connectivity index (χ1v) is 9.93. The van der Waals surface area contributed by atoms with Crippen LogP contribution < -0.4 is 5.63 Å². The van der Waals surface area contributed by atoms with E-state index in [1.165, 1.54) is 17.4 Å². The number of ether oxygens (including phenoxy) is 2. The van der Waals surface area contributed by atoms with Gasteiger partial charge in [-0.1, -0.05) is 12.1 Å². The third-order valence-electron chi connectivity index (χ3n) is 4.62. The average molecular weight is 409 g/mol. The molecule has 2 aromatic heterocycles. The predicted molar refractivity (Wildman–Crippen MR) is 111 cm³/mol. The largest absolute Gasteiger partial charge is 0.459 e. The molecule has 0 aliphatic heterocycles. The van der Waals surface area contributed by atoms with E-state index >= 15 is 0 Å². The summed E-state index contributed by atoms with van der Waals surface area (Å²) in [5.74, 6) is -0.503. The Morgan fingerprint density at radius 1 is 1.10 bits per heavy atom. The van der Waals surface area contributed by atoms with Crippen molar-refractivity contribution in [3.63, 3.8) is 0 Å². The highest BCUT2D eigenvalue weighted by molar-refractivity contribution is 7.18.